The molecule has 0 bridgehead atoms. The van der Waals surface area contributed by atoms with E-state index in [1.807, 2.05) is 11.8 Å². The molecule has 1 heterocycles. The molecule has 0 saturated heterocycles. The largest absolute Gasteiger partial charge is 0.491 e. The van der Waals surface area contributed by atoms with E-state index in [9.17, 15) is 0 Å². The van der Waals surface area contributed by atoms with Gasteiger partial charge in [0.25, 0.3) is 0 Å². The standard InChI is InChI=1S/C16H20N2O/c1-5-12(3)13-7-8-14-15(11-13)19-10-9-18(6-2)16(14)17-4/h5-8,11H,2,9-10H2,1,3-4H3/b12-5+,17-16?. The lowest BCUT2D eigenvalue weighted by Crippen LogP contribution is -2.27. The number of allylic oxidation sites excluding steroid dienone is 2. The summed E-state index contributed by atoms with van der Waals surface area (Å²) < 4.78 is 5.85. The molecule has 3 heteroatoms. The molecule has 1 aromatic rings. The smallest absolute Gasteiger partial charge is 0.138 e. The van der Waals surface area contributed by atoms with Gasteiger partial charge in [0.1, 0.15) is 18.2 Å². The fourth-order valence-corrected chi connectivity index (χ4v) is 2.18. The molecule has 100 valence electrons. The Morgan fingerprint density at radius 2 is 2.26 bits per heavy atom. The van der Waals surface area contributed by atoms with Crippen LogP contribution in [-0.2, 0) is 0 Å². The van der Waals surface area contributed by atoms with Crippen LogP contribution < -0.4 is 4.74 Å². The van der Waals surface area contributed by atoms with Gasteiger partial charge in [-0.3, -0.25) is 4.99 Å². The van der Waals surface area contributed by atoms with Crippen molar-refractivity contribution >= 4 is 11.4 Å². The molecule has 1 aliphatic heterocycles. The van der Waals surface area contributed by atoms with Gasteiger partial charge in [-0.25, -0.2) is 0 Å². The topological polar surface area (TPSA) is 24.8 Å². The lowest BCUT2D eigenvalue weighted by molar-refractivity contribution is 0.301. The summed E-state index contributed by atoms with van der Waals surface area (Å²) in [5.74, 6) is 1.80. The number of benzene rings is 1. The van der Waals surface area contributed by atoms with Gasteiger partial charge in [0, 0.05) is 7.05 Å². The predicted molar refractivity (Wildman–Crippen MR) is 80.6 cm³/mol. The molecule has 2 rings (SSSR count). The molecule has 1 aliphatic rings. The van der Waals surface area contributed by atoms with E-state index in [4.69, 9.17) is 4.74 Å². The molecule has 3 nitrogen and oxygen atoms in total. The highest BCUT2D eigenvalue weighted by molar-refractivity contribution is 6.02. The molecule has 0 aromatic heterocycles. The number of aliphatic imine (C=N–C) groups is 1. The van der Waals surface area contributed by atoms with Gasteiger partial charge in [-0.2, -0.15) is 0 Å². The predicted octanol–water partition coefficient (Wildman–Crippen LogP) is 3.32. The SMILES string of the molecule is C=CN1CCOc2cc(/C(C)=C/C)ccc2C1=NC. The van der Waals surface area contributed by atoms with E-state index in [1.165, 1.54) is 11.1 Å². The van der Waals surface area contributed by atoms with Gasteiger partial charge >= 0.3 is 0 Å². The van der Waals surface area contributed by atoms with Gasteiger partial charge in [0.2, 0.25) is 0 Å². The highest BCUT2D eigenvalue weighted by Crippen LogP contribution is 2.28. The van der Waals surface area contributed by atoms with Crippen molar-refractivity contribution in [3.05, 3.63) is 48.2 Å². The van der Waals surface area contributed by atoms with E-state index in [2.05, 4.69) is 42.8 Å². The van der Waals surface area contributed by atoms with Crippen LogP contribution in [0.2, 0.25) is 0 Å². The van der Waals surface area contributed by atoms with E-state index >= 15 is 0 Å². The third-order valence-electron chi connectivity index (χ3n) is 3.40. The first-order chi connectivity index (χ1) is 9.21. The van der Waals surface area contributed by atoms with Crippen LogP contribution >= 0.6 is 0 Å². The molecule has 0 N–H and O–H groups in total. The summed E-state index contributed by atoms with van der Waals surface area (Å²) in [4.78, 5) is 6.39. The average Bonchev–Trinajstić information content (AvgIpc) is 2.63. The maximum absolute atomic E-state index is 5.85. The van der Waals surface area contributed by atoms with Crippen LogP contribution in [0, 0.1) is 0 Å². The van der Waals surface area contributed by atoms with Gasteiger partial charge in [0.05, 0.1) is 12.1 Å². The van der Waals surface area contributed by atoms with Crippen LogP contribution in [-0.4, -0.2) is 30.9 Å². The molecule has 0 saturated carbocycles. The van der Waals surface area contributed by atoms with Crippen LogP contribution in [0.3, 0.4) is 0 Å². The number of amidine groups is 1. The van der Waals surface area contributed by atoms with Crippen molar-refractivity contribution in [3.8, 4) is 5.75 Å². The van der Waals surface area contributed by atoms with Crippen molar-refractivity contribution in [2.24, 2.45) is 4.99 Å². The number of nitrogens with zero attached hydrogens (tertiary/aromatic N) is 2. The van der Waals surface area contributed by atoms with E-state index in [0.29, 0.717) is 6.61 Å². The zero-order chi connectivity index (χ0) is 13.8. The van der Waals surface area contributed by atoms with Gasteiger partial charge in [-0.15, -0.1) is 0 Å². The molecule has 0 amide bonds. The lowest BCUT2D eigenvalue weighted by Gasteiger charge is -2.18. The fraction of sp³-hybridized carbons (Fsp3) is 0.312. The zero-order valence-corrected chi connectivity index (χ0v) is 11.8. The normalized spacial score (nSPS) is 17.7. The van der Waals surface area contributed by atoms with Gasteiger partial charge in [-0.1, -0.05) is 18.7 Å². The molecule has 0 radical (unpaired) electrons. The van der Waals surface area contributed by atoms with E-state index in [1.54, 1.807) is 13.2 Å². The molecule has 0 fully saturated rings. The summed E-state index contributed by atoms with van der Waals surface area (Å²) in [6, 6.07) is 6.26. The fourth-order valence-electron chi connectivity index (χ4n) is 2.18. The molecule has 0 atom stereocenters. The minimum Gasteiger partial charge on any atom is -0.491 e. The van der Waals surface area contributed by atoms with Gasteiger partial charge in [0.15, 0.2) is 0 Å². The summed E-state index contributed by atoms with van der Waals surface area (Å²) >= 11 is 0. The van der Waals surface area contributed by atoms with Crippen molar-refractivity contribution in [1.82, 2.24) is 4.90 Å². The lowest BCUT2D eigenvalue weighted by atomic mass is 10.0. The van der Waals surface area contributed by atoms with Crippen LogP contribution in [0.15, 0.2) is 42.0 Å². The maximum atomic E-state index is 5.85. The molecule has 1 aromatic carbocycles. The number of fused-ring (bicyclic) bond motifs is 1. The molecule has 0 spiro atoms. The first-order valence-corrected chi connectivity index (χ1v) is 6.47. The minimum absolute atomic E-state index is 0.635. The number of hydrogen-bond acceptors (Lipinski definition) is 2. The number of ether oxygens (including phenoxy) is 1. The van der Waals surface area contributed by atoms with Gasteiger partial charge < -0.3 is 9.64 Å². The Balaban J connectivity index is 2.51. The van der Waals surface area contributed by atoms with Crippen molar-refractivity contribution < 1.29 is 4.74 Å². The van der Waals surface area contributed by atoms with Crippen molar-refractivity contribution in [1.29, 1.82) is 0 Å². The Labute approximate surface area is 114 Å². The van der Waals surface area contributed by atoms with Crippen molar-refractivity contribution in [2.75, 3.05) is 20.2 Å². The summed E-state index contributed by atoms with van der Waals surface area (Å²) in [7, 11) is 1.80. The third kappa shape index (κ3) is 2.55. The summed E-state index contributed by atoms with van der Waals surface area (Å²) in [5.41, 5.74) is 3.45. The number of hydrogen-bond donors (Lipinski definition) is 0. The zero-order valence-electron chi connectivity index (χ0n) is 11.8. The highest BCUT2D eigenvalue weighted by Gasteiger charge is 2.19. The molecule has 0 aliphatic carbocycles. The van der Waals surface area contributed by atoms with E-state index < -0.39 is 0 Å². The second kappa shape index (κ2) is 5.74. The Morgan fingerprint density at radius 3 is 2.89 bits per heavy atom. The summed E-state index contributed by atoms with van der Waals surface area (Å²) in [6.07, 6.45) is 3.90. The van der Waals surface area contributed by atoms with Crippen molar-refractivity contribution in [2.45, 2.75) is 13.8 Å². The van der Waals surface area contributed by atoms with E-state index in [0.717, 1.165) is 23.7 Å². The quantitative estimate of drug-likeness (QED) is 0.811. The minimum atomic E-state index is 0.635. The van der Waals surface area contributed by atoms with E-state index in [-0.39, 0.29) is 0 Å². The van der Waals surface area contributed by atoms with Gasteiger partial charge in [-0.05, 0) is 43.3 Å². The first kappa shape index (κ1) is 13.4. The Hall–Kier alpha value is -2.03. The number of rotatable bonds is 2. The maximum Gasteiger partial charge on any atom is 0.138 e. The second-order valence-electron chi connectivity index (χ2n) is 4.45. The summed E-state index contributed by atoms with van der Waals surface area (Å²) in [5, 5.41) is 0. The van der Waals surface area contributed by atoms with Crippen molar-refractivity contribution in [3.63, 3.8) is 0 Å². The second-order valence-corrected chi connectivity index (χ2v) is 4.45. The van der Waals surface area contributed by atoms with Crippen LogP contribution in [0.1, 0.15) is 25.0 Å². The molecular weight excluding hydrogens is 236 g/mol. The first-order valence-electron chi connectivity index (χ1n) is 6.47. The average molecular weight is 256 g/mol. The highest BCUT2D eigenvalue weighted by atomic mass is 16.5. The molecule has 0 unspecified atom stereocenters. The third-order valence-corrected chi connectivity index (χ3v) is 3.40. The molecular formula is C16H20N2O. The van der Waals surface area contributed by atoms with Crippen LogP contribution in [0.25, 0.3) is 5.57 Å². The Bertz CT molecular complexity index is 544. The molecule has 19 heavy (non-hydrogen) atoms. The van der Waals surface area contributed by atoms with Crippen LogP contribution in [0.5, 0.6) is 5.75 Å². The van der Waals surface area contributed by atoms with Crippen LogP contribution in [0.4, 0.5) is 0 Å². The Kier molecular flexibility index (Phi) is 4.05. The Morgan fingerprint density at radius 1 is 1.47 bits per heavy atom. The summed E-state index contributed by atoms with van der Waals surface area (Å²) in [6.45, 7) is 9.38. The monoisotopic (exact) mass is 256 g/mol.